The number of ether oxygens (including phenoxy) is 3. The van der Waals surface area contributed by atoms with Gasteiger partial charge in [0.25, 0.3) is 0 Å². The Hall–Kier alpha value is -4.42. The van der Waals surface area contributed by atoms with Crippen LogP contribution in [0.4, 0.5) is 10.6 Å². The van der Waals surface area contributed by atoms with Crippen molar-refractivity contribution in [2.45, 2.75) is 31.3 Å². The summed E-state index contributed by atoms with van der Waals surface area (Å²) in [4.78, 5) is 26.5. The second-order valence-corrected chi connectivity index (χ2v) is 12.3. The van der Waals surface area contributed by atoms with E-state index in [0.29, 0.717) is 41.4 Å². The minimum atomic E-state index is -0.920. The number of rotatable bonds is 9. The van der Waals surface area contributed by atoms with Crippen LogP contribution in [-0.2, 0) is 22.0 Å². The number of anilines is 1. The Labute approximate surface area is 249 Å². The lowest BCUT2D eigenvalue weighted by Gasteiger charge is -2.18. The van der Waals surface area contributed by atoms with Crippen molar-refractivity contribution in [1.82, 2.24) is 15.0 Å². The highest BCUT2D eigenvalue weighted by molar-refractivity contribution is 7.31. The molecule has 0 radical (unpaired) electrons. The maximum absolute atomic E-state index is 12.7. The van der Waals surface area contributed by atoms with E-state index >= 15 is 0 Å². The van der Waals surface area contributed by atoms with Gasteiger partial charge < -0.3 is 19.3 Å². The summed E-state index contributed by atoms with van der Waals surface area (Å²) >= 11 is 3.10. The molecule has 12 heteroatoms. The third-order valence-electron chi connectivity index (χ3n) is 7.50. The van der Waals surface area contributed by atoms with Crippen molar-refractivity contribution in [1.29, 1.82) is 0 Å². The first-order chi connectivity index (χ1) is 20.2. The zero-order valence-electron chi connectivity index (χ0n) is 23.3. The fourth-order valence-corrected chi connectivity index (χ4v) is 7.42. The minimum absolute atomic E-state index is 0.426. The van der Waals surface area contributed by atoms with Crippen molar-refractivity contribution < 1.29 is 28.9 Å². The lowest BCUT2D eigenvalue weighted by atomic mass is 9.93. The highest BCUT2D eigenvalue weighted by Crippen LogP contribution is 2.54. The zero-order valence-corrected chi connectivity index (χ0v) is 25.0. The van der Waals surface area contributed by atoms with Gasteiger partial charge in [-0.1, -0.05) is 35.5 Å². The van der Waals surface area contributed by atoms with Crippen LogP contribution in [0.1, 0.15) is 37.0 Å². The highest BCUT2D eigenvalue weighted by atomic mass is 32.1. The van der Waals surface area contributed by atoms with E-state index in [1.165, 1.54) is 16.0 Å². The first-order valence-corrected chi connectivity index (χ1v) is 14.8. The molecule has 2 N–H and O–H groups in total. The van der Waals surface area contributed by atoms with Gasteiger partial charge in [0.05, 0.1) is 24.5 Å². The number of thiophene rings is 2. The zero-order chi connectivity index (χ0) is 29.6. The molecular formula is C30H28N4O6S2. The molecule has 0 aliphatic heterocycles. The van der Waals surface area contributed by atoms with E-state index in [1.54, 1.807) is 38.7 Å². The standard InChI is InChI=1S/C30H28N4O6S2/c1-16(17-8-6-5-7-9-17)40-29(37)31-27-26(32-33-34(27)2)25-15-24-23(42-25)14-22(41-24)18-12-21(39-4)19(13-20(18)38-3)30(10-11-30)28(35)36/h5-9,12-16H,10-11H2,1-4H3,(H,31,37)(H,35,36). The molecule has 0 bridgehead atoms. The van der Waals surface area contributed by atoms with Crippen LogP contribution in [0.3, 0.4) is 0 Å². The molecule has 2 aromatic carbocycles. The number of aliphatic carboxylic acids is 1. The van der Waals surface area contributed by atoms with E-state index < -0.39 is 23.6 Å². The smallest absolute Gasteiger partial charge is 0.413 e. The van der Waals surface area contributed by atoms with Crippen molar-refractivity contribution in [3.8, 4) is 32.5 Å². The molecule has 1 aliphatic carbocycles. The second kappa shape index (κ2) is 10.8. The molecule has 42 heavy (non-hydrogen) atoms. The van der Waals surface area contributed by atoms with Crippen LogP contribution in [0.25, 0.3) is 30.4 Å². The maximum atomic E-state index is 12.7. The molecule has 6 rings (SSSR count). The summed E-state index contributed by atoms with van der Waals surface area (Å²) in [5, 5.41) is 21.1. The number of carboxylic acids is 1. The molecule has 1 atom stereocenters. The molecule has 1 aliphatic rings. The summed E-state index contributed by atoms with van der Waals surface area (Å²) in [5.74, 6) is 0.712. The molecule has 5 aromatic rings. The topological polar surface area (TPSA) is 125 Å². The number of benzene rings is 2. The summed E-state index contributed by atoms with van der Waals surface area (Å²) in [6.45, 7) is 1.82. The molecule has 0 saturated heterocycles. The lowest BCUT2D eigenvalue weighted by Crippen LogP contribution is -2.20. The van der Waals surface area contributed by atoms with E-state index in [4.69, 9.17) is 14.2 Å². The average Bonchev–Trinajstić information content (AvgIpc) is 3.40. The number of nitrogens with one attached hydrogen (secondary N) is 1. The van der Waals surface area contributed by atoms with E-state index in [9.17, 15) is 14.7 Å². The van der Waals surface area contributed by atoms with Gasteiger partial charge in [-0.05, 0) is 49.6 Å². The van der Waals surface area contributed by atoms with Crippen LogP contribution >= 0.6 is 22.7 Å². The third kappa shape index (κ3) is 4.86. The molecule has 1 saturated carbocycles. The molecule has 1 fully saturated rings. The lowest BCUT2D eigenvalue weighted by molar-refractivity contribution is -0.140. The van der Waals surface area contributed by atoms with Crippen LogP contribution in [0.2, 0.25) is 0 Å². The molecular weight excluding hydrogens is 576 g/mol. The molecule has 1 unspecified atom stereocenters. The maximum Gasteiger partial charge on any atom is 0.413 e. The predicted molar refractivity (Wildman–Crippen MR) is 162 cm³/mol. The van der Waals surface area contributed by atoms with Gasteiger partial charge in [-0.3, -0.25) is 10.1 Å². The van der Waals surface area contributed by atoms with Crippen molar-refractivity contribution in [2.75, 3.05) is 19.5 Å². The van der Waals surface area contributed by atoms with E-state index in [0.717, 1.165) is 30.3 Å². The van der Waals surface area contributed by atoms with Crippen molar-refractivity contribution in [3.05, 3.63) is 65.7 Å². The number of hydrogen-bond donors (Lipinski definition) is 2. The van der Waals surface area contributed by atoms with Gasteiger partial charge in [0.1, 0.15) is 23.3 Å². The number of amides is 1. The number of aryl methyl sites for hydroxylation is 1. The van der Waals surface area contributed by atoms with Crippen molar-refractivity contribution >= 4 is 50.0 Å². The molecule has 1 amide bonds. The number of fused-ring (bicyclic) bond motifs is 1. The highest BCUT2D eigenvalue weighted by Gasteiger charge is 2.53. The monoisotopic (exact) mass is 604 g/mol. The number of aromatic nitrogens is 3. The van der Waals surface area contributed by atoms with E-state index in [2.05, 4.69) is 21.7 Å². The first kappa shape index (κ1) is 27.7. The average molecular weight is 605 g/mol. The Bertz CT molecular complexity index is 1770. The van der Waals surface area contributed by atoms with Gasteiger partial charge in [-0.2, -0.15) is 0 Å². The van der Waals surface area contributed by atoms with Gasteiger partial charge in [-0.15, -0.1) is 27.8 Å². The van der Waals surface area contributed by atoms with E-state index in [-0.39, 0.29) is 0 Å². The number of hydrogen-bond acceptors (Lipinski definition) is 9. The van der Waals surface area contributed by atoms with Crippen LogP contribution in [0, 0.1) is 0 Å². The van der Waals surface area contributed by atoms with Gasteiger partial charge in [-0.25, -0.2) is 9.48 Å². The van der Waals surface area contributed by atoms with Crippen molar-refractivity contribution in [3.63, 3.8) is 0 Å². The SMILES string of the molecule is COc1cc(C2(C(=O)O)CC2)c(OC)cc1-c1cc2sc(-c3nnn(C)c3NC(=O)OC(C)c3ccccc3)cc2s1. The van der Waals surface area contributed by atoms with Gasteiger partial charge >= 0.3 is 12.1 Å². The van der Waals surface area contributed by atoms with Crippen LogP contribution in [0.15, 0.2) is 54.6 Å². The summed E-state index contributed by atoms with van der Waals surface area (Å²) in [6.07, 6.45) is 0.118. The summed E-state index contributed by atoms with van der Waals surface area (Å²) < 4.78 is 20.5. The van der Waals surface area contributed by atoms with E-state index in [1.807, 2.05) is 49.4 Å². The van der Waals surface area contributed by atoms with Crippen LogP contribution < -0.4 is 14.8 Å². The number of carboxylic acid groups (broad SMARTS) is 1. The number of methoxy groups -OCH3 is 2. The molecule has 3 aromatic heterocycles. The second-order valence-electron chi connectivity index (χ2n) is 10.1. The van der Waals surface area contributed by atoms with Crippen LogP contribution in [-0.4, -0.2) is 46.4 Å². The Balaban J connectivity index is 1.27. The fraction of sp³-hybridized carbons (Fsp3) is 0.267. The largest absolute Gasteiger partial charge is 0.496 e. The number of nitrogens with zero attached hydrogens (tertiary/aromatic N) is 3. The molecule has 0 spiro atoms. The van der Waals surface area contributed by atoms with Crippen LogP contribution in [0.5, 0.6) is 11.5 Å². The predicted octanol–water partition coefficient (Wildman–Crippen LogP) is 6.87. The number of carbonyl (C=O) groups excluding carboxylic acids is 1. The van der Waals surface area contributed by atoms with Gasteiger partial charge in [0.15, 0.2) is 5.82 Å². The number of carbonyl (C=O) groups is 2. The molecule has 10 nitrogen and oxygen atoms in total. The normalized spacial score (nSPS) is 14.4. The molecule has 216 valence electrons. The van der Waals surface area contributed by atoms with Gasteiger partial charge in [0.2, 0.25) is 0 Å². The van der Waals surface area contributed by atoms with Gasteiger partial charge in [0, 0.05) is 32.5 Å². The summed E-state index contributed by atoms with van der Waals surface area (Å²) in [6, 6.07) is 17.2. The Morgan fingerprint density at radius 3 is 2.31 bits per heavy atom. The Morgan fingerprint density at radius 1 is 1.00 bits per heavy atom. The first-order valence-electron chi connectivity index (χ1n) is 13.2. The van der Waals surface area contributed by atoms with Crippen molar-refractivity contribution in [2.24, 2.45) is 7.05 Å². The summed E-state index contributed by atoms with van der Waals surface area (Å²) in [7, 11) is 4.84. The molecule has 3 heterocycles. The summed E-state index contributed by atoms with van der Waals surface area (Å²) in [5.41, 5.74) is 1.98. The Morgan fingerprint density at radius 2 is 1.67 bits per heavy atom. The Kier molecular flexibility index (Phi) is 7.11. The fourth-order valence-electron chi connectivity index (χ4n) is 5.01. The third-order valence-corrected chi connectivity index (χ3v) is 9.84. The minimum Gasteiger partial charge on any atom is -0.496 e. The quantitative estimate of drug-likeness (QED) is 0.187.